The standard InChI is InChI=1S/C27H54/c1-5-8-10-12-15-18-22-26(4)23-19-16-13-14-17-21-25-27(7-3)24-20-11-9-6-2/h12,15,26-27H,5-11,13-14,16-25H2,1-4H3. The maximum Gasteiger partial charge on any atom is -0.0348 e. The van der Waals surface area contributed by atoms with Gasteiger partial charge in [0.2, 0.25) is 0 Å². The van der Waals surface area contributed by atoms with Crippen molar-refractivity contribution in [3.05, 3.63) is 12.2 Å². The van der Waals surface area contributed by atoms with Gasteiger partial charge in [0.05, 0.1) is 0 Å². The zero-order chi connectivity index (χ0) is 20.0. The lowest BCUT2D eigenvalue weighted by atomic mass is 9.92. The molecule has 0 aromatic carbocycles. The monoisotopic (exact) mass is 378 g/mol. The van der Waals surface area contributed by atoms with E-state index in [4.69, 9.17) is 0 Å². The molecule has 162 valence electrons. The molecule has 0 aliphatic carbocycles. The van der Waals surface area contributed by atoms with Gasteiger partial charge in [-0.1, -0.05) is 143 Å². The van der Waals surface area contributed by atoms with E-state index in [1.807, 2.05) is 0 Å². The molecule has 0 saturated carbocycles. The van der Waals surface area contributed by atoms with Gasteiger partial charge >= 0.3 is 0 Å². The van der Waals surface area contributed by atoms with Crippen molar-refractivity contribution < 1.29 is 0 Å². The van der Waals surface area contributed by atoms with Gasteiger partial charge < -0.3 is 0 Å². The highest BCUT2D eigenvalue weighted by Crippen LogP contribution is 2.22. The van der Waals surface area contributed by atoms with Gasteiger partial charge in [-0.25, -0.2) is 0 Å². The highest BCUT2D eigenvalue weighted by molar-refractivity contribution is 4.81. The van der Waals surface area contributed by atoms with Crippen LogP contribution in [0.2, 0.25) is 0 Å². The van der Waals surface area contributed by atoms with Crippen molar-refractivity contribution in [1.29, 1.82) is 0 Å². The molecule has 0 radical (unpaired) electrons. The van der Waals surface area contributed by atoms with Crippen LogP contribution in [0.15, 0.2) is 12.2 Å². The minimum atomic E-state index is 0.916. The number of hydrogen-bond acceptors (Lipinski definition) is 0. The first-order chi connectivity index (χ1) is 13.2. The van der Waals surface area contributed by atoms with Crippen molar-refractivity contribution >= 4 is 0 Å². The fourth-order valence-electron chi connectivity index (χ4n) is 4.13. The summed E-state index contributed by atoms with van der Waals surface area (Å²) < 4.78 is 0. The Balaban J connectivity index is 3.38. The molecule has 2 unspecified atom stereocenters. The number of allylic oxidation sites excluding steroid dienone is 2. The molecule has 0 aliphatic heterocycles. The number of hydrogen-bond donors (Lipinski definition) is 0. The van der Waals surface area contributed by atoms with Crippen molar-refractivity contribution in [2.75, 3.05) is 0 Å². The fraction of sp³-hybridized carbons (Fsp3) is 0.926. The summed E-state index contributed by atoms with van der Waals surface area (Å²) >= 11 is 0. The molecule has 0 heteroatoms. The van der Waals surface area contributed by atoms with Crippen molar-refractivity contribution in [2.45, 2.75) is 150 Å². The predicted molar refractivity (Wildman–Crippen MR) is 127 cm³/mol. The van der Waals surface area contributed by atoms with E-state index in [-0.39, 0.29) is 0 Å². The summed E-state index contributed by atoms with van der Waals surface area (Å²) in [6, 6.07) is 0. The van der Waals surface area contributed by atoms with Gasteiger partial charge in [-0.05, 0) is 31.1 Å². The topological polar surface area (TPSA) is 0 Å². The zero-order valence-electron chi connectivity index (χ0n) is 19.7. The smallest absolute Gasteiger partial charge is 0.0348 e. The van der Waals surface area contributed by atoms with Crippen LogP contribution in [0.3, 0.4) is 0 Å². The third-order valence-corrected chi connectivity index (χ3v) is 6.32. The first kappa shape index (κ1) is 26.7. The van der Waals surface area contributed by atoms with E-state index in [0.717, 1.165) is 11.8 Å². The molecule has 0 rings (SSSR count). The van der Waals surface area contributed by atoms with Crippen LogP contribution in [0, 0.1) is 11.8 Å². The summed E-state index contributed by atoms with van der Waals surface area (Å²) in [6.07, 6.45) is 31.8. The lowest BCUT2D eigenvalue weighted by molar-refractivity contribution is 0.392. The molecule has 0 aliphatic rings. The molecule has 0 aromatic heterocycles. The lowest BCUT2D eigenvalue weighted by Crippen LogP contribution is -1.99. The average Bonchev–Trinajstić information content (AvgIpc) is 2.68. The Morgan fingerprint density at radius 2 is 1.04 bits per heavy atom. The molecular weight excluding hydrogens is 324 g/mol. The Kier molecular flexibility index (Phi) is 21.8. The molecule has 0 amide bonds. The molecule has 27 heavy (non-hydrogen) atoms. The SMILES string of the molecule is CCCCC=CCCC(C)CCCCCCCCC(CC)CCCCCC. The second-order valence-corrected chi connectivity index (χ2v) is 9.12. The second kappa shape index (κ2) is 22.0. The van der Waals surface area contributed by atoms with E-state index in [9.17, 15) is 0 Å². The van der Waals surface area contributed by atoms with Gasteiger partial charge in [0, 0.05) is 0 Å². The predicted octanol–water partition coefficient (Wildman–Crippen LogP) is 10.3. The quantitative estimate of drug-likeness (QED) is 0.138. The molecule has 0 nitrogen and oxygen atoms in total. The first-order valence-corrected chi connectivity index (χ1v) is 12.9. The minimum Gasteiger partial charge on any atom is -0.0885 e. The minimum absolute atomic E-state index is 0.916. The molecular formula is C27H54. The summed E-state index contributed by atoms with van der Waals surface area (Å²) in [5, 5.41) is 0. The van der Waals surface area contributed by atoms with E-state index in [0.29, 0.717) is 0 Å². The first-order valence-electron chi connectivity index (χ1n) is 12.9. The fourth-order valence-corrected chi connectivity index (χ4v) is 4.13. The Morgan fingerprint density at radius 3 is 1.63 bits per heavy atom. The van der Waals surface area contributed by atoms with Crippen LogP contribution in [0.4, 0.5) is 0 Å². The largest absolute Gasteiger partial charge is 0.0885 e. The van der Waals surface area contributed by atoms with Crippen molar-refractivity contribution in [1.82, 2.24) is 0 Å². The maximum absolute atomic E-state index is 2.45. The van der Waals surface area contributed by atoms with Crippen LogP contribution in [0.5, 0.6) is 0 Å². The summed E-state index contributed by atoms with van der Waals surface area (Å²) in [5.41, 5.74) is 0. The van der Waals surface area contributed by atoms with Gasteiger partial charge in [-0.3, -0.25) is 0 Å². The maximum atomic E-state index is 2.45. The van der Waals surface area contributed by atoms with Crippen molar-refractivity contribution in [3.63, 3.8) is 0 Å². The van der Waals surface area contributed by atoms with Crippen molar-refractivity contribution in [2.24, 2.45) is 11.8 Å². The Morgan fingerprint density at radius 1 is 0.519 bits per heavy atom. The molecule has 0 fully saturated rings. The van der Waals surface area contributed by atoms with E-state index >= 15 is 0 Å². The highest BCUT2D eigenvalue weighted by atomic mass is 14.1. The van der Waals surface area contributed by atoms with Gasteiger partial charge in [0.1, 0.15) is 0 Å². The molecule has 0 saturated heterocycles. The van der Waals surface area contributed by atoms with Crippen molar-refractivity contribution in [3.8, 4) is 0 Å². The van der Waals surface area contributed by atoms with E-state index in [1.165, 1.54) is 122 Å². The van der Waals surface area contributed by atoms with E-state index in [2.05, 4.69) is 39.8 Å². The molecule has 0 N–H and O–H groups in total. The number of rotatable bonds is 21. The summed E-state index contributed by atoms with van der Waals surface area (Å²) in [7, 11) is 0. The Hall–Kier alpha value is -0.260. The lowest BCUT2D eigenvalue weighted by Gasteiger charge is -2.14. The molecule has 2 atom stereocenters. The third kappa shape index (κ3) is 20.3. The summed E-state index contributed by atoms with van der Waals surface area (Å²) in [4.78, 5) is 0. The molecule has 0 spiro atoms. The average molecular weight is 379 g/mol. The van der Waals surface area contributed by atoms with Crippen LogP contribution < -0.4 is 0 Å². The van der Waals surface area contributed by atoms with Crippen LogP contribution in [-0.2, 0) is 0 Å². The van der Waals surface area contributed by atoms with E-state index in [1.54, 1.807) is 0 Å². The highest BCUT2D eigenvalue weighted by Gasteiger charge is 2.06. The third-order valence-electron chi connectivity index (χ3n) is 6.32. The van der Waals surface area contributed by atoms with Crippen LogP contribution in [0.25, 0.3) is 0 Å². The zero-order valence-corrected chi connectivity index (χ0v) is 19.7. The van der Waals surface area contributed by atoms with Crippen LogP contribution in [0.1, 0.15) is 150 Å². The van der Waals surface area contributed by atoms with Crippen LogP contribution >= 0.6 is 0 Å². The molecule has 0 heterocycles. The van der Waals surface area contributed by atoms with E-state index < -0.39 is 0 Å². The van der Waals surface area contributed by atoms with Gasteiger partial charge in [-0.15, -0.1) is 0 Å². The van der Waals surface area contributed by atoms with Crippen LogP contribution in [-0.4, -0.2) is 0 Å². The van der Waals surface area contributed by atoms with Gasteiger partial charge in [0.15, 0.2) is 0 Å². The van der Waals surface area contributed by atoms with Gasteiger partial charge in [0.25, 0.3) is 0 Å². The summed E-state index contributed by atoms with van der Waals surface area (Å²) in [5.74, 6) is 1.93. The Bertz CT molecular complexity index is 290. The molecule has 0 aromatic rings. The number of unbranched alkanes of at least 4 members (excludes halogenated alkanes) is 10. The molecule has 0 bridgehead atoms. The van der Waals surface area contributed by atoms with Gasteiger partial charge in [-0.2, -0.15) is 0 Å². The second-order valence-electron chi connectivity index (χ2n) is 9.12. The summed E-state index contributed by atoms with van der Waals surface area (Å²) in [6.45, 7) is 9.43. The Labute approximate surface area is 174 Å². The normalized spacial score (nSPS) is 14.1.